The molecule has 0 aromatic heterocycles. The molecule has 0 rings (SSSR count). The summed E-state index contributed by atoms with van der Waals surface area (Å²) < 4.78 is 26.5. The van der Waals surface area contributed by atoms with Gasteiger partial charge in [0.25, 0.3) is 16.0 Å². The summed E-state index contributed by atoms with van der Waals surface area (Å²) in [5, 5.41) is 0. The minimum atomic E-state index is -3.65. The molecule has 0 aliphatic heterocycles. The Balaban J connectivity index is -0.000000980. The molecule has 0 aliphatic carbocycles. The molecule has 1 amide bonds. The Morgan fingerprint density at radius 1 is 1.44 bits per heavy atom. The van der Waals surface area contributed by atoms with Crippen LogP contribution in [0.5, 0.6) is 0 Å². The van der Waals surface area contributed by atoms with Crippen LogP contribution in [0.2, 0.25) is 0 Å². The van der Waals surface area contributed by atoms with Crippen LogP contribution in [0, 0.1) is 0 Å². The number of hydrogen-bond acceptors (Lipinski definition) is 4. The van der Waals surface area contributed by atoms with Crippen molar-refractivity contribution in [3.8, 4) is 0 Å². The smallest absolute Gasteiger partial charge is 1.00 e. The Kier molecular flexibility index (Phi) is 11.9. The molecule has 0 aromatic carbocycles. The Bertz CT molecular complexity index is 308. The van der Waals surface area contributed by atoms with E-state index in [1.807, 2.05) is 6.92 Å². The molecule has 0 bridgehead atoms. The Labute approximate surface area is 120 Å². The average Bonchev–Trinajstić information content (AvgIpc) is 2.21. The number of hydroxylamine groups is 1. The predicted octanol–water partition coefficient (Wildman–Crippen LogP) is -1.75. The van der Waals surface area contributed by atoms with Crippen LogP contribution in [0.3, 0.4) is 0 Å². The number of amides is 1. The summed E-state index contributed by atoms with van der Waals surface area (Å²) in [7, 11) is -3.65. The summed E-state index contributed by atoms with van der Waals surface area (Å²) in [4.78, 5) is 10.6. The van der Waals surface area contributed by atoms with E-state index in [0.29, 0.717) is 6.42 Å². The molecule has 0 atom stereocenters. The van der Waals surface area contributed by atoms with Crippen molar-refractivity contribution < 1.29 is 48.5 Å². The quantitative estimate of drug-likeness (QED) is 0.243. The Morgan fingerprint density at radius 2 is 2.06 bits per heavy atom. The first-order valence-corrected chi connectivity index (χ1v) is 6.43. The van der Waals surface area contributed by atoms with Crippen molar-refractivity contribution in [3.63, 3.8) is 0 Å². The molecule has 0 spiro atoms. The van der Waals surface area contributed by atoms with E-state index in [-0.39, 0.29) is 36.7 Å². The third-order valence-corrected chi connectivity index (χ3v) is 2.83. The van der Waals surface area contributed by atoms with Gasteiger partial charge in [0.05, 0.1) is 5.75 Å². The minimum Gasteiger partial charge on any atom is -1.00 e. The maximum absolute atomic E-state index is 11.1. The molecule has 0 radical (unpaired) electrons. The number of unbranched alkanes of at least 4 members (excludes halogenated alkanes) is 3. The number of nitrogens with one attached hydrogen (secondary N) is 1. The maximum Gasteiger partial charge on any atom is 1.00 e. The second-order valence-corrected chi connectivity index (χ2v) is 4.77. The topological polar surface area (TPSA) is 72.5 Å². The molecule has 16 heavy (non-hydrogen) atoms. The van der Waals surface area contributed by atoms with Gasteiger partial charge in [0.15, 0.2) is 0 Å². The van der Waals surface area contributed by atoms with Gasteiger partial charge in [-0.25, -0.2) is 5.48 Å². The van der Waals surface area contributed by atoms with Crippen molar-refractivity contribution in [2.24, 2.45) is 0 Å². The third-order valence-electron chi connectivity index (χ3n) is 1.70. The summed E-state index contributed by atoms with van der Waals surface area (Å²) in [6.45, 7) is 5.20. The van der Waals surface area contributed by atoms with Crippen molar-refractivity contribution >= 4 is 16.0 Å². The second-order valence-electron chi connectivity index (χ2n) is 3.08. The fraction of sp³-hybridized carbons (Fsp3) is 0.667. The van der Waals surface area contributed by atoms with Crippen LogP contribution in [0.1, 0.15) is 34.0 Å². The molecule has 0 fully saturated rings. The first-order chi connectivity index (χ1) is 7.02. The maximum atomic E-state index is 11.1. The summed E-state index contributed by atoms with van der Waals surface area (Å²) in [5.41, 5.74) is 1.77. The monoisotopic (exact) mass is 259 g/mol. The molecular weight excluding hydrogens is 241 g/mol. The van der Waals surface area contributed by atoms with Crippen molar-refractivity contribution in [2.75, 3.05) is 5.75 Å². The van der Waals surface area contributed by atoms with Gasteiger partial charge >= 0.3 is 29.6 Å². The first-order valence-electron chi connectivity index (χ1n) is 4.85. The van der Waals surface area contributed by atoms with Gasteiger partial charge in [-0.15, -0.1) is 4.28 Å². The zero-order valence-electron chi connectivity index (χ0n) is 10.9. The number of carbonyl (C=O) groups is 1. The van der Waals surface area contributed by atoms with E-state index in [4.69, 9.17) is 0 Å². The first kappa shape index (κ1) is 18.5. The molecule has 0 saturated heterocycles. The Morgan fingerprint density at radius 3 is 2.56 bits per heavy atom. The zero-order valence-corrected chi connectivity index (χ0v) is 12.7. The molecule has 1 N–H and O–H groups in total. The predicted molar refractivity (Wildman–Crippen MR) is 58.5 cm³/mol. The van der Waals surface area contributed by atoms with Crippen molar-refractivity contribution in [3.05, 3.63) is 12.7 Å². The number of carbonyl (C=O) groups excluding carboxylic acids is 1. The second kappa shape index (κ2) is 10.3. The van der Waals surface area contributed by atoms with Crippen LogP contribution in [-0.4, -0.2) is 20.1 Å². The van der Waals surface area contributed by atoms with Crippen LogP contribution < -0.4 is 35.0 Å². The van der Waals surface area contributed by atoms with E-state index >= 15 is 0 Å². The molecule has 0 saturated carbocycles. The summed E-state index contributed by atoms with van der Waals surface area (Å²) in [5.74, 6) is -0.753. The van der Waals surface area contributed by atoms with E-state index in [1.54, 1.807) is 5.48 Å². The van der Waals surface area contributed by atoms with E-state index in [9.17, 15) is 13.2 Å². The van der Waals surface area contributed by atoms with E-state index in [0.717, 1.165) is 25.3 Å². The molecule has 7 heteroatoms. The van der Waals surface area contributed by atoms with Gasteiger partial charge in [-0.2, -0.15) is 8.42 Å². The normalized spacial score (nSPS) is 10.3. The molecule has 0 aliphatic rings. The van der Waals surface area contributed by atoms with Crippen LogP contribution >= 0.6 is 0 Å². The fourth-order valence-electron chi connectivity index (χ4n) is 0.893. The average molecular weight is 259 g/mol. The largest absolute Gasteiger partial charge is 1.00 e. The minimum absolute atomic E-state index is 0. The summed E-state index contributed by atoms with van der Waals surface area (Å²) in [6, 6.07) is 0. The van der Waals surface area contributed by atoms with Crippen LogP contribution in [0.4, 0.5) is 0 Å². The molecular formula is C9H18NNaO4S. The third kappa shape index (κ3) is 10.6. The van der Waals surface area contributed by atoms with Gasteiger partial charge in [0, 0.05) is 0 Å². The summed E-state index contributed by atoms with van der Waals surface area (Å²) >= 11 is 0. The Hall–Kier alpha value is 0.120. The molecule has 0 aromatic rings. The van der Waals surface area contributed by atoms with E-state index in [2.05, 4.69) is 10.9 Å². The molecule has 0 heterocycles. The number of rotatable bonds is 8. The molecule has 5 nitrogen and oxygen atoms in total. The van der Waals surface area contributed by atoms with Gasteiger partial charge in [0.1, 0.15) is 0 Å². The SMILES string of the molecule is C=CC(=O)NOS(=O)(=O)CCCCCC.[H-].[Na+]. The van der Waals surface area contributed by atoms with Crippen LogP contribution in [0.15, 0.2) is 12.7 Å². The fourth-order valence-corrected chi connectivity index (χ4v) is 1.74. The van der Waals surface area contributed by atoms with Crippen molar-refractivity contribution in [1.82, 2.24) is 5.48 Å². The van der Waals surface area contributed by atoms with Crippen molar-refractivity contribution in [2.45, 2.75) is 32.6 Å². The van der Waals surface area contributed by atoms with Gasteiger partial charge in [-0.1, -0.05) is 32.8 Å². The standard InChI is InChI=1S/C9H17NO4S.Na.H/c1-3-5-6-7-8-15(12,13)14-10-9(11)4-2;;/h4H,2-3,5-8H2,1H3,(H,10,11);;/q;+1;-1. The van der Waals surface area contributed by atoms with Gasteiger partial charge in [-0.3, -0.25) is 4.79 Å². The van der Waals surface area contributed by atoms with Crippen molar-refractivity contribution in [1.29, 1.82) is 0 Å². The van der Waals surface area contributed by atoms with Gasteiger partial charge in [0.2, 0.25) is 0 Å². The number of hydrogen-bond donors (Lipinski definition) is 1. The van der Waals surface area contributed by atoms with Crippen LogP contribution in [-0.2, 0) is 19.2 Å². The summed E-state index contributed by atoms with van der Waals surface area (Å²) in [6.07, 6.45) is 4.35. The van der Waals surface area contributed by atoms with Crippen LogP contribution in [0.25, 0.3) is 0 Å². The zero-order chi connectivity index (χ0) is 11.7. The van der Waals surface area contributed by atoms with Gasteiger partial charge in [-0.05, 0) is 12.5 Å². The van der Waals surface area contributed by atoms with E-state index < -0.39 is 16.0 Å². The van der Waals surface area contributed by atoms with E-state index in [1.165, 1.54) is 0 Å². The van der Waals surface area contributed by atoms with Gasteiger partial charge < -0.3 is 1.43 Å². The molecule has 90 valence electrons. The molecule has 0 unspecified atom stereocenters.